The summed E-state index contributed by atoms with van der Waals surface area (Å²) in [5.74, 6) is 0. The van der Waals surface area contributed by atoms with E-state index >= 15 is 0 Å². The van der Waals surface area contributed by atoms with Crippen LogP contribution in [-0.4, -0.2) is 60.3 Å². The van der Waals surface area contributed by atoms with Gasteiger partial charge in [-0.2, -0.15) is 0 Å². The molecule has 1 aliphatic heterocycles. The van der Waals surface area contributed by atoms with Crippen molar-refractivity contribution in [2.45, 2.75) is 32.4 Å². The topological polar surface area (TPSA) is 27.7 Å². The van der Waals surface area contributed by atoms with Crippen molar-refractivity contribution in [1.29, 1.82) is 0 Å². The van der Waals surface area contributed by atoms with Crippen molar-refractivity contribution in [2.24, 2.45) is 0 Å². The van der Waals surface area contributed by atoms with E-state index in [1.54, 1.807) is 0 Å². The Morgan fingerprint density at radius 2 is 1.48 bits per heavy atom. The third kappa shape index (κ3) is 6.53. The second-order valence-electron chi connectivity index (χ2n) is 7.75. The van der Waals surface area contributed by atoms with Crippen LogP contribution in [-0.2, 0) is 4.74 Å². The van der Waals surface area contributed by atoms with E-state index in [1.807, 2.05) is 0 Å². The predicted molar refractivity (Wildman–Crippen MR) is 124 cm³/mol. The summed E-state index contributed by atoms with van der Waals surface area (Å²) in [7, 11) is 0. The highest BCUT2D eigenvalue weighted by Gasteiger charge is 2.27. The highest BCUT2D eigenvalue weighted by molar-refractivity contribution is 7.80. The van der Waals surface area contributed by atoms with Crippen LogP contribution < -0.4 is 5.32 Å². The van der Waals surface area contributed by atoms with E-state index in [9.17, 15) is 0 Å². The van der Waals surface area contributed by atoms with Gasteiger partial charge in [0.05, 0.1) is 12.1 Å². The number of ether oxygens (including phenoxy) is 1. The molecule has 1 fully saturated rings. The van der Waals surface area contributed by atoms with Crippen molar-refractivity contribution in [3.8, 4) is 0 Å². The van der Waals surface area contributed by atoms with Gasteiger partial charge in [0.25, 0.3) is 0 Å². The van der Waals surface area contributed by atoms with Crippen LogP contribution in [0.15, 0.2) is 60.7 Å². The summed E-state index contributed by atoms with van der Waals surface area (Å²) < 4.78 is 5.59. The Bertz CT molecular complexity index is 691. The van der Waals surface area contributed by atoms with Crippen molar-refractivity contribution in [3.05, 3.63) is 71.8 Å². The lowest BCUT2D eigenvalue weighted by atomic mass is 9.96. The van der Waals surface area contributed by atoms with Crippen LogP contribution in [0, 0.1) is 0 Å². The molecule has 0 amide bonds. The number of hydrogen-bond acceptors (Lipinski definition) is 3. The zero-order valence-corrected chi connectivity index (χ0v) is 18.4. The third-order valence-corrected chi connectivity index (χ3v) is 5.65. The minimum Gasteiger partial charge on any atom is -0.379 e. The summed E-state index contributed by atoms with van der Waals surface area (Å²) in [6, 6.07) is 21.9. The number of benzene rings is 2. The molecule has 4 nitrogen and oxygen atoms in total. The minimum absolute atomic E-state index is 0.286. The highest BCUT2D eigenvalue weighted by atomic mass is 32.1. The first-order valence-electron chi connectivity index (χ1n) is 10.6. The molecule has 3 rings (SSSR count). The molecule has 1 N–H and O–H groups in total. The Balaban J connectivity index is 1.54. The van der Waals surface area contributed by atoms with Gasteiger partial charge in [0.15, 0.2) is 5.11 Å². The summed E-state index contributed by atoms with van der Waals surface area (Å²) in [4.78, 5) is 4.86. The second-order valence-corrected chi connectivity index (χ2v) is 8.14. The lowest BCUT2D eigenvalue weighted by Gasteiger charge is -2.40. The smallest absolute Gasteiger partial charge is 0.169 e. The van der Waals surface area contributed by atoms with E-state index in [0.717, 1.165) is 50.9 Å². The molecular formula is C24H33N3OS. The van der Waals surface area contributed by atoms with Gasteiger partial charge in [0.1, 0.15) is 0 Å². The molecule has 1 aliphatic rings. The van der Waals surface area contributed by atoms with Crippen molar-refractivity contribution in [3.63, 3.8) is 0 Å². The zero-order chi connectivity index (χ0) is 20.5. The van der Waals surface area contributed by atoms with Gasteiger partial charge in [-0.15, -0.1) is 0 Å². The number of nitrogens with one attached hydrogen (secondary N) is 1. The Kier molecular flexibility index (Phi) is 8.47. The number of hydrogen-bond donors (Lipinski definition) is 1. The van der Waals surface area contributed by atoms with Gasteiger partial charge in [-0.25, -0.2) is 0 Å². The summed E-state index contributed by atoms with van der Waals surface area (Å²) in [5.41, 5.74) is 2.69. The highest BCUT2D eigenvalue weighted by Crippen LogP contribution is 2.29. The van der Waals surface area contributed by atoms with E-state index < -0.39 is 0 Å². The SMILES string of the molecule is CC(C)OCCCNC(=S)N1CCN(C(c2ccccc2)c2ccccc2)CC1. The van der Waals surface area contributed by atoms with E-state index in [0.29, 0.717) is 0 Å². The molecule has 0 atom stereocenters. The lowest BCUT2D eigenvalue weighted by molar-refractivity contribution is 0.0775. The average molecular weight is 412 g/mol. The summed E-state index contributed by atoms with van der Waals surface area (Å²) in [6.07, 6.45) is 1.26. The standard InChI is InChI=1S/C24H33N3OS/c1-20(2)28-19-9-14-25-24(29)27-17-15-26(16-18-27)23(21-10-5-3-6-11-21)22-12-7-4-8-13-22/h3-8,10-13,20,23H,9,14-19H2,1-2H3,(H,25,29). The van der Waals surface area contributed by atoms with Crippen LogP contribution in [0.4, 0.5) is 0 Å². The van der Waals surface area contributed by atoms with Crippen molar-refractivity contribution in [1.82, 2.24) is 15.1 Å². The fraction of sp³-hybridized carbons (Fsp3) is 0.458. The Labute approximate surface area is 180 Å². The van der Waals surface area contributed by atoms with Gasteiger partial charge < -0.3 is 15.0 Å². The number of piperazine rings is 1. The molecule has 0 aromatic heterocycles. The van der Waals surface area contributed by atoms with Gasteiger partial charge in [-0.05, 0) is 43.6 Å². The van der Waals surface area contributed by atoms with Crippen LogP contribution in [0.1, 0.15) is 37.4 Å². The molecule has 0 bridgehead atoms. The molecule has 1 saturated heterocycles. The largest absolute Gasteiger partial charge is 0.379 e. The van der Waals surface area contributed by atoms with E-state index in [-0.39, 0.29) is 12.1 Å². The number of nitrogens with zero attached hydrogens (tertiary/aromatic N) is 2. The normalized spacial score (nSPS) is 15.1. The second kappa shape index (κ2) is 11.3. The lowest BCUT2D eigenvalue weighted by Crippen LogP contribution is -2.52. The maximum absolute atomic E-state index is 5.62. The van der Waals surface area contributed by atoms with E-state index in [1.165, 1.54) is 11.1 Å². The zero-order valence-electron chi connectivity index (χ0n) is 17.6. The van der Waals surface area contributed by atoms with Crippen LogP contribution in [0.25, 0.3) is 0 Å². The van der Waals surface area contributed by atoms with Crippen molar-refractivity contribution >= 4 is 17.3 Å². The maximum Gasteiger partial charge on any atom is 0.169 e. The first-order chi connectivity index (χ1) is 14.1. The first kappa shape index (κ1) is 21.8. The fourth-order valence-electron chi connectivity index (χ4n) is 3.77. The van der Waals surface area contributed by atoms with Crippen molar-refractivity contribution < 1.29 is 4.74 Å². The Morgan fingerprint density at radius 3 is 2.00 bits per heavy atom. The summed E-state index contributed by atoms with van der Waals surface area (Å²) in [6.45, 7) is 9.65. The third-order valence-electron chi connectivity index (χ3n) is 5.25. The Morgan fingerprint density at radius 1 is 0.931 bits per heavy atom. The molecule has 0 saturated carbocycles. The van der Waals surface area contributed by atoms with Crippen LogP contribution in [0.5, 0.6) is 0 Å². The molecule has 0 unspecified atom stereocenters. The fourth-order valence-corrected chi connectivity index (χ4v) is 4.05. The monoisotopic (exact) mass is 411 g/mol. The predicted octanol–water partition coefficient (Wildman–Crippen LogP) is 4.08. The maximum atomic E-state index is 5.62. The molecular weight excluding hydrogens is 378 g/mol. The molecule has 5 heteroatoms. The van der Waals surface area contributed by atoms with Crippen molar-refractivity contribution in [2.75, 3.05) is 39.3 Å². The summed E-state index contributed by atoms with van der Waals surface area (Å²) >= 11 is 5.62. The minimum atomic E-state index is 0.286. The number of thiocarbonyl (C=S) groups is 1. The van der Waals surface area contributed by atoms with Gasteiger partial charge in [-0.3, -0.25) is 4.90 Å². The quantitative estimate of drug-likeness (QED) is 0.522. The number of rotatable bonds is 8. The molecule has 156 valence electrons. The van der Waals surface area contributed by atoms with Gasteiger partial charge in [-0.1, -0.05) is 60.7 Å². The molecule has 2 aromatic rings. The molecule has 0 spiro atoms. The van der Waals surface area contributed by atoms with Gasteiger partial charge in [0, 0.05) is 39.3 Å². The van der Waals surface area contributed by atoms with Crippen LogP contribution >= 0.6 is 12.2 Å². The summed E-state index contributed by atoms with van der Waals surface area (Å²) in [5, 5.41) is 4.26. The Hall–Kier alpha value is -1.95. The van der Waals surface area contributed by atoms with Crippen LogP contribution in [0.2, 0.25) is 0 Å². The average Bonchev–Trinajstić information content (AvgIpc) is 2.75. The van der Waals surface area contributed by atoms with E-state index in [2.05, 4.69) is 89.6 Å². The molecule has 0 aliphatic carbocycles. The molecule has 0 radical (unpaired) electrons. The van der Waals surface area contributed by atoms with Gasteiger partial charge >= 0.3 is 0 Å². The molecule has 2 aromatic carbocycles. The first-order valence-corrected chi connectivity index (χ1v) is 11.0. The van der Waals surface area contributed by atoms with Gasteiger partial charge in [0.2, 0.25) is 0 Å². The molecule has 29 heavy (non-hydrogen) atoms. The van der Waals surface area contributed by atoms with Crippen LogP contribution in [0.3, 0.4) is 0 Å². The molecule has 1 heterocycles. The van der Waals surface area contributed by atoms with E-state index in [4.69, 9.17) is 17.0 Å².